The van der Waals surface area contributed by atoms with Crippen molar-refractivity contribution in [3.05, 3.63) is 101 Å². The van der Waals surface area contributed by atoms with Crippen molar-refractivity contribution in [3.63, 3.8) is 0 Å². The van der Waals surface area contributed by atoms with Gasteiger partial charge in [0.25, 0.3) is 0 Å². The molecule has 1 aliphatic rings. The molecule has 46 heavy (non-hydrogen) atoms. The van der Waals surface area contributed by atoms with Crippen molar-refractivity contribution >= 4 is 28.4 Å². The first-order valence-corrected chi connectivity index (χ1v) is 15.1. The molecule has 10 heteroatoms. The van der Waals surface area contributed by atoms with Gasteiger partial charge < -0.3 is 18.9 Å². The van der Waals surface area contributed by atoms with Crippen LogP contribution >= 0.6 is 0 Å². The van der Waals surface area contributed by atoms with Gasteiger partial charge in [-0.15, -0.1) is 0 Å². The molecule has 0 radical (unpaired) electrons. The molecule has 2 heterocycles. The molecule has 0 fully saturated rings. The van der Waals surface area contributed by atoms with E-state index in [4.69, 9.17) is 18.9 Å². The van der Waals surface area contributed by atoms with Crippen molar-refractivity contribution in [2.24, 2.45) is 5.92 Å². The molecule has 2 aromatic heterocycles. The largest absolute Gasteiger partial charge is 0.497 e. The normalized spacial score (nSPS) is 16.4. The molecular formula is C36H39FN4O5. The number of carbonyl (C=O) groups is 1. The van der Waals surface area contributed by atoms with E-state index in [2.05, 4.69) is 15.0 Å². The Balaban J connectivity index is 1.59. The Labute approximate surface area is 268 Å². The number of hydrogen-bond donors (Lipinski definition) is 0. The minimum atomic E-state index is -0.805. The highest BCUT2D eigenvalue weighted by molar-refractivity contribution is 6.01. The summed E-state index contributed by atoms with van der Waals surface area (Å²) < 4.78 is 38.6. The number of benzene rings is 2. The van der Waals surface area contributed by atoms with E-state index in [1.54, 1.807) is 46.1 Å². The van der Waals surface area contributed by atoms with Gasteiger partial charge in [0.1, 0.15) is 34.8 Å². The molecule has 5 rings (SSSR count). The zero-order chi connectivity index (χ0) is 33.0. The van der Waals surface area contributed by atoms with Crippen LogP contribution in [0.25, 0.3) is 16.5 Å². The second-order valence-electron chi connectivity index (χ2n) is 12.1. The molecule has 2 atom stereocenters. The predicted molar refractivity (Wildman–Crippen MR) is 175 cm³/mol. The Morgan fingerprint density at radius 3 is 2.48 bits per heavy atom. The van der Waals surface area contributed by atoms with Gasteiger partial charge in [0.15, 0.2) is 0 Å². The molecule has 0 saturated heterocycles. The summed E-state index contributed by atoms with van der Waals surface area (Å²) in [6, 6.07) is 16.5. The number of nitrogens with zero attached hydrogens (tertiary/aromatic N) is 4. The topological polar surface area (TPSA) is 95.9 Å². The van der Waals surface area contributed by atoms with E-state index in [1.165, 1.54) is 24.4 Å². The summed E-state index contributed by atoms with van der Waals surface area (Å²) in [7, 11) is 3.10. The van der Waals surface area contributed by atoms with E-state index in [9.17, 15) is 4.79 Å². The smallest absolute Gasteiger partial charge is 0.416 e. The van der Waals surface area contributed by atoms with Crippen LogP contribution in [-0.2, 0) is 22.6 Å². The van der Waals surface area contributed by atoms with Gasteiger partial charge in [-0.1, -0.05) is 49.4 Å². The molecule has 0 saturated carbocycles. The number of methoxy groups -OCH3 is 2. The lowest BCUT2D eigenvalue weighted by Gasteiger charge is -2.30. The van der Waals surface area contributed by atoms with Crippen LogP contribution in [0.2, 0.25) is 0 Å². The van der Waals surface area contributed by atoms with E-state index in [-0.39, 0.29) is 24.4 Å². The van der Waals surface area contributed by atoms with E-state index in [0.717, 1.165) is 16.7 Å². The van der Waals surface area contributed by atoms with Crippen molar-refractivity contribution < 1.29 is 28.1 Å². The van der Waals surface area contributed by atoms with Crippen molar-refractivity contribution in [3.8, 4) is 11.5 Å². The van der Waals surface area contributed by atoms with Gasteiger partial charge in [-0.3, -0.25) is 4.90 Å². The lowest BCUT2D eigenvalue weighted by Crippen LogP contribution is -2.37. The number of ether oxygens (including phenoxy) is 4. The molecule has 0 N–H and O–H groups in total. The molecule has 0 spiro atoms. The zero-order valence-electron chi connectivity index (χ0n) is 27.2. The van der Waals surface area contributed by atoms with Crippen LogP contribution in [0.3, 0.4) is 0 Å². The summed E-state index contributed by atoms with van der Waals surface area (Å²) in [6.07, 6.45) is 4.39. The number of carbonyl (C=O) groups excluding carboxylic acids is 1. The first-order valence-electron chi connectivity index (χ1n) is 15.1. The van der Waals surface area contributed by atoms with Gasteiger partial charge >= 0.3 is 6.09 Å². The fourth-order valence-corrected chi connectivity index (χ4v) is 5.51. The molecule has 4 aromatic rings. The number of hydrogen-bond acceptors (Lipinski definition) is 8. The van der Waals surface area contributed by atoms with E-state index in [1.807, 2.05) is 56.3 Å². The number of aromatic nitrogens is 3. The molecule has 240 valence electrons. The Morgan fingerprint density at radius 2 is 1.78 bits per heavy atom. The van der Waals surface area contributed by atoms with Crippen molar-refractivity contribution in [1.29, 1.82) is 0 Å². The number of amides is 1. The number of rotatable bonds is 9. The third kappa shape index (κ3) is 7.18. The highest BCUT2D eigenvalue weighted by Gasteiger charge is 2.31. The van der Waals surface area contributed by atoms with Crippen LogP contribution in [0.4, 0.5) is 15.0 Å². The number of pyridine rings is 1. The Bertz CT molecular complexity index is 1780. The van der Waals surface area contributed by atoms with Crippen LogP contribution in [0.15, 0.2) is 78.6 Å². The highest BCUT2D eigenvalue weighted by Crippen LogP contribution is 2.39. The summed E-state index contributed by atoms with van der Waals surface area (Å²) in [6.45, 7) is 9.77. The Kier molecular flexibility index (Phi) is 9.67. The zero-order valence-corrected chi connectivity index (χ0v) is 27.2. The molecule has 1 aliphatic carbocycles. The second kappa shape index (κ2) is 13.7. The predicted octanol–water partition coefficient (Wildman–Crippen LogP) is 7.69. The fourth-order valence-electron chi connectivity index (χ4n) is 5.51. The van der Waals surface area contributed by atoms with E-state index in [0.29, 0.717) is 40.3 Å². The van der Waals surface area contributed by atoms with Crippen LogP contribution in [0, 0.1) is 11.9 Å². The van der Waals surface area contributed by atoms with Crippen molar-refractivity contribution in [2.45, 2.75) is 59.5 Å². The van der Waals surface area contributed by atoms with E-state index < -0.39 is 17.6 Å². The third-order valence-corrected chi connectivity index (χ3v) is 7.71. The summed E-state index contributed by atoms with van der Waals surface area (Å²) in [5.74, 6) is 0.377. The lowest BCUT2D eigenvalue weighted by molar-refractivity contribution is 0.0514. The van der Waals surface area contributed by atoms with Crippen LogP contribution in [0.5, 0.6) is 11.5 Å². The standard InChI is InChI=1S/C36H39FN4O5/c1-22-13-16-28(45-20-24-11-9-8-10-12-24)23(2)31(22)33-32-27(18-30(37)40-33)34(39-21-38-32)41(35(42)46-36(3,4)5)19-25-14-15-26(43-6)17-29(25)44-7/h8-18,21,23,28H,19-20H2,1-7H3. The first kappa shape index (κ1) is 32.6. The quantitative estimate of drug-likeness (QED) is 0.175. The molecule has 2 aromatic carbocycles. The van der Waals surface area contributed by atoms with Crippen LogP contribution in [0.1, 0.15) is 51.4 Å². The summed E-state index contributed by atoms with van der Waals surface area (Å²) in [5, 5.41) is 0.312. The average molecular weight is 627 g/mol. The molecule has 2 unspecified atom stereocenters. The fraction of sp³-hybridized carbons (Fsp3) is 0.333. The number of allylic oxidation sites excluding steroid dienone is 2. The summed E-state index contributed by atoms with van der Waals surface area (Å²) in [5.41, 5.74) is 3.40. The SMILES string of the molecule is COc1ccc(CN(C(=O)OC(C)(C)C)c2ncnc3c(C4=C(C)C=CC(OCc5ccccc5)C4C)nc(F)cc23)c(OC)c1. The van der Waals surface area contributed by atoms with Crippen molar-refractivity contribution in [2.75, 3.05) is 19.1 Å². The number of fused-ring (bicyclic) bond motifs is 1. The maximum absolute atomic E-state index is 15.5. The van der Waals surface area contributed by atoms with Gasteiger partial charge in [0.2, 0.25) is 5.95 Å². The Morgan fingerprint density at radius 1 is 1.02 bits per heavy atom. The molecule has 1 amide bonds. The van der Waals surface area contributed by atoms with Gasteiger partial charge in [0.05, 0.1) is 44.6 Å². The minimum absolute atomic E-state index is 0.0176. The Hall–Kier alpha value is -4.83. The summed E-state index contributed by atoms with van der Waals surface area (Å²) in [4.78, 5) is 28.5. The first-order chi connectivity index (χ1) is 22.0. The monoisotopic (exact) mass is 626 g/mol. The van der Waals surface area contributed by atoms with Crippen LogP contribution < -0.4 is 14.4 Å². The maximum atomic E-state index is 15.5. The van der Waals surface area contributed by atoms with Gasteiger partial charge in [0, 0.05) is 23.6 Å². The number of halogens is 1. The number of anilines is 1. The molecule has 9 nitrogen and oxygen atoms in total. The van der Waals surface area contributed by atoms with Gasteiger partial charge in [-0.2, -0.15) is 4.39 Å². The van der Waals surface area contributed by atoms with Crippen molar-refractivity contribution in [1.82, 2.24) is 15.0 Å². The maximum Gasteiger partial charge on any atom is 0.416 e. The van der Waals surface area contributed by atoms with E-state index >= 15 is 4.39 Å². The van der Waals surface area contributed by atoms with Crippen LogP contribution in [-0.4, -0.2) is 47.0 Å². The van der Waals surface area contributed by atoms with Gasteiger partial charge in [-0.25, -0.2) is 19.7 Å². The molecule has 0 bridgehead atoms. The average Bonchev–Trinajstić information content (AvgIpc) is 3.02. The lowest BCUT2D eigenvalue weighted by atomic mass is 9.84. The van der Waals surface area contributed by atoms with Gasteiger partial charge in [-0.05, 0) is 56.5 Å². The summed E-state index contributed by atoms with van der Waals surface area (Å²) >= 11 is 0. The minimum Gasteiger partial charge on any atom is -0.497 e. The second-order valence-corrected chi connectivity index (χ2v) is 12.1. The third-order valence-electron chi connectivity index (χ3n) is 7.71. The molecular weight excluding hydrogens is 587 g/mol. The highest BCUT2D eigenvalue weighted by atomic mass is 19.1. The molecule has 0 aliphatic heterocycles.